The van der Waals surface area contributed by atoms with Crippen molar-refractivity contribution < 1.29 is 13.2 Å². The average Bonchev–Trinajstić information content (AvgIpc) is 2.78. The summed E-state index contributed by atoms with van der Waals surface area (Å²) < 4.78 is 27.5. The molecule has 3 aromatic carbocycles. The Bertz CT molecular complexity index is 1090. The van der Waals surface area contributed by atoms with Crippen LogP contribution in [0.15, 0.2) is 89.8 Å². The molecule has 0 heterocycles. The monoisotopic (exact) mass is 474 g/mol. The minimum atomic E-state index is -3.87. The lowest BCUT2D eigenvalue weighted by atomic mass is 10.2. The molecule has 0 fully saturated rings. The molecule has 0 bridgehead atoms. The lowest BCUT2D eigenvalue weighted by Gasteiger charge is -2.24. The fourth-order valence-electron chi connectivity index (χ4n) is 2.89. The summed E-state index contributed by atoms with van der Waals surface area (Å²) in [5.74, 6) is 1.14. The Labute approximate surface area is 192 Å². The minimum absolute atomic E-state index is 0.142. The van der Waals surface area contributed by atoms with E-state index in [4.69, 9.17) is 11.6 Å². The van der Waals surface area contributed by atoms with E-state index in [0.29, 0.717) is 23.0 Å². The van der Waals surface area contributed by atoms with Gasteiger partial charge in [-0.05, 0) is 42.0 Å². The zero-order valence-electron chi connectivity index (χ0n) is 16.8. The van der Waals surface area contributed by atoms with Crippen molar-refractivity contribution in [1.29, 1.82) is 0 Å². The molecule has 31 heavy (non-hydrogen) atoms. The van der Waals surface area contributed by atoms with Crippen LogP contribution in [0.25, 0.3) is 0 Å². The number of nitrogens with zero attached hydrogens (tertiary/aromatic N) is 1. The number of carbonyl (C=O) groups excluding carboxylic acids is 1. The molecule has 1 amide bonds. The number of amides is 1. The lowest BCUT2D eigenvalue weighted by molar-refractivity contribution is -0.119. The van der Waals surface area contributed by atoms with Crippen LogP contribution in [0, 0.1) is 0 Å². The Balaban J connectivity index is 1.59. The summed E-state index contributed by atoms with van der Waals surface area (Å²) in [6, 6.07) is 24.4. The Morgan fingerprint density at radius 1 is 0.935 bits per heavy atom. The van der Waals surface area contributed by atoms with Gasteiger partial charge in [-0.2, -0.15) is 11.8 Å². The molecule has 0 spiro atoms. The van der Waals surface area contributed by atoms with Crippen LogP contribution in [0.5, 0.6) is 0 Å². The van der Waals surface area contributed by atoms with Gasteiger partial charge in [0.15, 0.2) is 0 Å². The zero-order valence-corrected chi connectivity index (χ0v) is 19.2. The van der Waals surface area contributed by atoms with Crippen LogP contribution >= 0.6 is 23.4 Å². The fourth-order valence-corrected chi connectivity index (χ4v) is 5.36. The molecule has 3 aromatic rings. The number of sulfonamides is 1. The van der Waals surface area contributed by atoms with Crippen LogP contribution < -0.4 is 9.62 Å². The molecule has 0 aliphatic heterocycles. The number of hydrogen-bond donors (Lipinski definition) is 1. The van der Waals surface area contributed by atoms with Crippen molar-refractivity contribution in [2.24, 2.45) is 0 Å². The minimum Gasteiger partial charge on any atom is -0.354 e. The van der Waals surface area contributed by atoms with Crippen LogP contribution in [-0.4, -0.2) is 33.2 Å². The number of nitrogens with one attached hydrogen (secondary N) is 1. The van der Waals surface area contributed by atoms with Gasteiger partial charge in [0.25, 0.3) is 10.0 Å². The van der Waals surface area contributed by atoms with Crippen LogP contribution in [-0.2, 0) is 20.6 Å². The molecule has 0 aliphatic carbocycles. The van der Waals surface area contributed by atoms with E-state index in [-0.39, 0.29) is 17.3 Å². The predicted molar refractivity (Wildman–Crippen MR) is 128 cm³/mol. The molecule has 0 aromatic heterocycles. The first kappa shape index (κ1) is 23.2. The molecule has 1 N–H and O–H groups in total. The van der Waals surface area contributed by atoms with Gasteiger partial charge in [0, 0.05) is 23.1 Å². The van der Waals surface area contributed by atoms with E-state index in [1.54, 1.807) is 60.3 Å². The van der Waals surface area contributed by atoms with E-state index in [2.05, 4.69) is 5.32 Å². The molecule has 0 atom stereocenters. The van der Waals surface area contributed by atoms with Crippen molar-refractivity contribution in [2.45, 2.75) is 10.6 Å². The van der Waals surface area contributed by atoms with Gasteiger partial charge in [-0.1, -0.05) is 60.1 Å². The number of benzene rings is 3. The number of para-hydroxylation sites is 1. The molecule has 0 saturated heterocycles. The number of rotatable bonds is 10. The van der Waals surface area contributed by atoms with Crippen molar-refractivity contribution in [2.75, 3.05) is 23.1 Å². The molecule has 162 valence electrons. The highest BCUT2D eigenvalue weighted by Gasteiger charge is 2.26. The summed E-state index contributed by atoms with van der Waals surface area (Å²) in [6.45, 7) is 0.151. The quantitative estimate of drug-likeness (QED) is 0.436. The molecular formula is C23H23ClN2O3S2. The third-order valence-corrected chi connectivity index (χ3v) is 7.44. The van der Waals surface area contributed by atoms with Crippen LogP contribution in [0.2, 0.25) is 5.02 Å². The number of thioether (sulfide) groups is 1. The van der Waals surface area contributed by atoms with Gasteiger partial charge in [0.05, 0.1) is 10.6 Å². The lowest BCUT2D eigenvalue weighted by Crippen LogP contribution is -2.41. The molecule has 0 radical (unpaired) electrons. The van der Waals surface area contributed by atoms with Gasteiger partial charge in [-0.25, -0.2) is 8.42 Å². The largest absolute Gasteiger partial charge is 0.354 e. The van der Waals surface area contributed by atoms with E-state index in [0.717, 1.165) is 15.6 Å². The summed E-state index contributed by atoms with van der Waals surface area (Å²) in [7, 11) is -3.87. The van der Waals surface area contributed by atoms with Crippen LogP contribution in [0.1, 0.15) is 5.56 Å². The van der Waals surface area contributed by atoms with Crippen LogP contribution in [0.3, 0.4) is 0 Å². The smallest absolute Gasteiger partial charge is 0.264 e. The molecule has 0 saturated carbocycles. The van der Waals surface area contributed by atoms with Crippen molar-refractivity contribution in [3.8, 4) is 0 Å². The molecule has 3 rings (SSSR count). The first-order valence-electron chi connectivity index (χ1n) is 9.68. The maximum atomic E-state index is 13.2. The normalized spacial score (nSPS) is 11.1. The Morgan fingerprint density at radius 3 is 2.29 bits per heavy atom. The highest BCUT2D eigenvalue weighted by molar-refractivity contribution is 7.98. The van der Waals surface area contributed by atoms with Gasteiger partial charge in [-0.15, -0.1) is 0 Å². The Kier molecular flexibility index (Phi) is 8.40. The maximum absolute atomic E-state index is 13.2. The van der Waals surface area contributed by atoms with Gasteiger partial charge in [-0.3, -0.25) is 9.10 Å². The number of halogens is 1. The van der Waals surface area contributed by atoms with Crippen molar-refractivity contribution in [3.63, 3.8) is 0 Å². The zero-order chi connectivity index (χ0) is 22.1. The molecule has 8 heteroatoms. The Hall–Kier alpha value is -2.48. The van der Waals surface area contributed by atoms with Gasteiger partial charge >= 0.3 is 0 Å². The van der Waals surface area contributed by atoms with E-state index >= 15 is 0 Å². The highest BCUT2D eigenvalue weighted by Crippen LogP contribution is 2.23. The highest BCUT2D eigenvalue weighted by atomic mass is 35.5. The van der Waals surface area contributed by atoms with Gasteiger partial charge in [0.2, 0.25) is 5.91 Å². The summed E-state index contributed by atoms with van der Waals surface area (Å²) in [5, 5.41) is 3.51. The second-order valence-electron chi connectivity index (χ2n) is 6.69. The summed E-state index contributed by atoms with van der Waals surface area (Å²) in [6.07, 6.45) is 0. The van der Waals surface area contributed by atoms with Crippen molar-refractivity contribution in [1.82, 2.24) is 5.32 Å². The summed E-state index contributed by atoms with van der Waals surface area (Å²) >= 11 is 7.66. The van der Waals surface area contributed by atoms with Crippen molar-refractivity contribution >= 4 is 45.0 Å². The number of hydrogen-bond acceptors (Lipinski definition) is 4. The van der Waals surface area contributed by atoms with Gasteiger partial charge in [0.1, 0.15) is 6.54 Å². The third-order valence-electron chi connectivity index (χ3n) is 4.39. The molecular weight excluding hydrogens is 452 g/mol. The average molecular weight is 475 g/mol. The maximum Gasteiger partial charge on any atom is 0.264 e. The van der Waals surface area contributed by atoms with E-state index in [1.165, 1.54) is 12.1 Å². The van der Waals surface area contributed by atoms with Crippen LogP contribution in [0.4, 0.5) is 5.69 Å². The van der Waals surface area contributed by atoms with E-state index in [1.807, 2.05) is 24.3 Å². The predicted octanol–water partition coefficient (Wildman–Crippen LogP) is 4.58. The molecule has 0 unspecified atom stereocenters. The SMILES string of the molecule is O=C(CN(c1ccccc1)S(=O)(=O)c1ccccc1)NCCSCc1cccc(Cl)c1. The van der Waals surface area contributed by atoms with E-state index in [9.17, 15) is 13.2 Å². The standard InChI is InChI=1S/C23H23ClN2O3S2/c24-20-9-7-8-19(16-20)18-30-15-14-25-23(27)17-26(21-10-3-1-4-11-21)31(28,29)22-12-5-2-6-13-22/h1-13,16H,14-15,17-18H2,(H,25,27). The summed E-state index contributed by atoms with van der Waals surface area (Å²) in [4.78, 5) is 12.7. The first-order chi connectivity index (χ1) is 15.0. The molecule has 0 aliphatic rings. The fraction of sp³-hybridized carbons (Fsp3) is 0.174. The Morgan fingerprint density at radius 2 is 1.61 bits per heavy atom. The second-order valence-corrected chi connectivity index (χ2v) is 10.1. The third kappa shape index (κ3) is 6.75. The summed E-state index contributed by atoms with van der Waals surface area (Å²) in [5.41, 5.74) is 1.56. The van der Waals surface area contributed by atoms with E-state index < -0.39 is 10.0 Å². The van der Waals surface area contributed by atoms with Crippen molar-refractivity contribution in [3.05, 3.63) is 95.5 Å². The second kappa shape index (κ2) is 11.2. The first-order valence-corrected chi connectivity index (χ1v) is 12.7. The van der Waals surface area contributed by atoms with Gasteiger partial charge < -0.3 is 5.32 Å². The number of carbonyl (C=O) groups is 1. The molecule has 5 nitrogen and oxygen atoms in total. The topological polar surface area (TPSA) is 66.5 Å². The number of anilines is 1.